The van der Waals surface area contributed by atoms with Crippen LogP contribution in [0.4, 0.5) is 22.7 Å². The minimum Gasteiger partial charge on any atom is -0.496 e. The lowest BCUT2D eigenvalue weighted by molar-refractivity contribution is -0.384. The van der Waals surface area contributed by atoms with Crippen LogP contribution in [0.25, 0.3) is 0 Å². The molecule has 0 spiro atoms. The van der Waals surface area contributed by atoms with Crippen molar-refractivity contribution >= 4 is 22.7 Å². The van der Waals surface area contributed by atoms with Crippen LogP contribution in [0, 0.1) is 10.1 Å². The van der Waals surface area contributed by atoms with Gasteiger partial charge in [-0.05, 0) is 30.3 Å². The fourth-order valence-corrected chi connectivity index (χ4v) is 1.67. The van der Waals surface area contributed by atoms with E-state index in [9.17, 15) is 10.1 Å². The van der Waals surface area contributed by atoms with Crippen LogP contribution in [0.1, 0.15) is 0 Å². The molecule has 0 aromatic heterocycles. The van der Waals surface area contributed by atoms with Gasteiger partial charge in [-0.3, -0.25) is 10.1 Å². The highest BCUT2D eigenvalue weighted by Crippen LogP contribution is 2.31. The lowest BCUT2D eigenvalue weighted by atomic mass is 10.2. The van der Waals surface area contributed by atoms with E-state index in [0.717, 1.165) is 0 Å². The summed E-state index contributed by atoms with van der Waals surface area (Å²) >= 11 is 0. The highest BCUT2D eigenvalue weighted by atomic mass is 16.6. The molecule has 2 aromatic carbocycles. The van der Waals surface area contributed by atoms with Gasteiger partial charge in [-0.1, -0.05) is 6.07 Å². The zero-order valence-corrected chi connectivity index (χ0v) is 10.3. The maximum Gasteiger partial charge on any atom is 0.296 e. The van der Waals surface area contributed by atoms with Crippen LogP contribution in [-0.2, 0) is 0 Å². The first kappa shape index (κ1) is 12.7. The normalized spacial score (nSPS) is 9.95. The van der Waals surface area contributed by atoms with Gasteiger partial charge in [0.05, 0.1) is 18.1 Å². The van der Waals surface area contributed by atoms with Gasteiger partial charge < -0.3 is 15.8 Å². The third-order valence-corrected chi connectivity index (χ3v) is 2.57. The minimum absolute atomic E-state index is 0.0539. The van der Waals surface area contributed by atoms with Crippen molar-refractivity contribution in [3.05, 3.63) is 52.6 Å². The van der Waals surface area contributed by atoms with E-state index in [1.54, 1.807) is 36.4 Å². The molecule has 2 aromatic rings. The Morgan fingerprint density at radius 3 is 2.68 bits per heavy atom. The summed E-state index contributed by atoms with van der Waals surface area (Å²) in [6.45, 7) is 0. The van der Waals surface area contributed by atoms with Gasteiger partial charge in [0.15, 0.2) is 0 Å². The van der Waals surface area contributed by atoms with Crippen LogP contribution < -0.4 is 15.8 Å². The van der Waals surface area contributed by atoms with Gasteiger partial charge in [0, 0.05) is 11.4 Å². The van der Waals surface area contributed by atoms with Gasteiger partial charge in [-0.15, -0.1) is 0 Å². The standard InChI is InChI=1S/C13H13N3O3/c1-19-11-5-6-12(13(8-11)16(17)18)15-10-4-2-3-9(14)7-10/h2-8,15H,14H2,1H3. The molecule has 98 valence electrons. The number of nitrogen functional groups attached to an aromatic ring is 1. The molecule has 0 saturated carbocycles. The molecule has 3 N–H and O–H groups in total. The van der Waals surface area contributed by atoms with E-state index < -0.39 is 4.92 Å². The predicted molar refractivity (Wildman–Crippen MR) is 73.8 cm³/mol. The van der Waals surface area contributed by atoms with Crippen LogP contribution in [0.5, 0.6) is 5.75 Å². The summed E-state index contributed by atoms with van der Waals surface area (Å²) in [7, 11) is 1.46. The summed E-state index contributed by atoms with van der Waals surface area (Å²) < 4.78 is 4.98. The number of benzene rings is 2. The van der Waals surface area contributed by atoms with Gasteiger partial charge >= 0.3 is 0 Å². The average Bonchev–Trinajstić information content (AvgIpc) is 2.39. The second kappa shape index (κ2) is 5.26. The second-order valence-electron chi connectivity index (χ2n) is 3.89. The van der Waals surface area contributed by atoms with Crippen molar-refractivity contribution < 1.29 is 9.66 Å². The van der Waals surface area contributed by atoms with Crippen LogP contribution >= 0.6 is 0 Å². The molecule has 6 heteroatoms. The number of ether oxygens (including phenoxy) is 1. The summed E-state index contributed by atoms with van der Waals surface area (Å²) in [4.78, 5) is 10.6. The fourth-order valence-electron chi connectivity index (χ4n) is 1.67. The SMILES string of the molecule is COc1ccc(Nc2cccc(N)c2)c([N+](=O)[O-])c1. The molecule has 0 unspecified atom stereocenters. The largest absolute Gasteiger partial charge is 0.496 e. The Kier molecular flexibility index (Phi) is 3.51. The maximum atomic E-state index is 11.0. The third-order valence-electron chi connectivity index (χ3n) is 2.57. The van der Waals surface area contributed by atoms with Gasteiger partial charge in [0.2, 0.25) is 0 Å². The molecule has 0 atom stereocenters. The van der Waals surface area contributed by atoms with Gasteiger partial charge in [0.1, 0.15) is 11.4 Å². The molecular formula is C13H13N3O3. The highest BCUT2D eigenvalue weighted by Gasteiger charge is 2.15. The van der Waals surface area contributed by atoms with Crippen molar-refractivity contribution in [3.63, 3.8) is 0 Å². The van der Waals surface area contributed by atoms with Crippen molar-refractivity contribution in [2.24, 2.45) is 0 Å². The second-order valence-corrected chi connectivity index (χ2v) is 3.89. The summed E-state index contributed by atoms with van der Waals surface area (Å²) in [5.41, 5.74) is 7.27. The molecule has 0 fully saturated rings. The Labute approximate surface area is 110 Å². The van der Waals surface area contributed by atoms with E-state index in [1.807, 2.05) is 0 Å². The summed E-state index contributed by atoms with van der Waals surface area (Å²) in [5, 5.41) is 14.0. The smallest absolute Gasteiger partial charge is 0.296 e. The molecular weight excluding hydrogens is 246 g/mol. The minimum atomic E-state index is -0.461. The first-order chi connectivity index (χ1) is 9.10. The fraction of sp³-hybridized carbons (Fsp3) is 0.0769. The van der Waals surface area contributed by atoms with Crippen LogP contribution in [0.2, 0.25) is 0 Å². The molecule has 0 heterocycles. The molecule has 0 bridgehead atoms. The average molecular weight is 259 g/mol. The highest BCUT2D eigenvalue weighted by molar-refractivity contribution is 5.72. The van der Waals surface area contributed by atoms with Crippen LogP contribution in [0.3, 0.4) is 0 Å². The number of nitrogens with zero attached hydrogens (tertiary/aromatic N) is 1. The molecule has 19 heavy (non-hydrogen) atoms. The Morgan fingerprint density at radius 2 is 2.05 bits per heavy atom. The first-order valence-electron chi connectivity index (χ1n) is 5.55. The Morgan fingerprint density at radius 1 is 1.26 bits per heavy atom. The monoisotopic (exact) mass is 259 g/mol. The summed E-state index contributed by atoms with van der Waals surface area (Å²) in [5.74, 6) is 0.435. The lowest BCUT2D eigenvalue weighted by Gasteiger charge is -2.08. The Balaban J connectivity index is 2.36. The molecule has 0 aliphatic carbocycles. The van der Waals surface area contributed by atoms with Crippen molar-refractivity contribution in [2.45, 2.75) is 0 Å². The molecule has 0 saturated heterocycles. The number of nitro benzene ring substituents is 1. The van der Waals surface area contributed by atoms with Crippen molar-refractivity contribution in [3.8, 4) is 5.75 Å². The van der Waals surface area contributed by atoms with Crippen LogP contribution in [0.15, 0.2) is 42.5 Å². The van der Waals surface area contributed by atoms with E-state index in [1.165, 1.54) is 13.2 Å². The maximum absolute atomic E-state index is 11.0. The third kappa shape index (κ3) is 2.92. The van der Waals surface area contributed by atoms with E-state index in [0.29, 0.717) is 22.8 Å². The van der Waals surface area contributed by atoms with Gasteiger partial charge in [0.25, 0.3) is 5.69 Å². The number of nitrogens with two attached hydrogens (primary N) is 1. The summed E-state index contributed by atoms with van der Waals surface area (Å²) in [6, 6.07) is 11.6. The van der Waals surface area contributed by atoms with Crippen molar-refractivity contribution in [1.29, 1.82) is 0 Å². The first-order valence-corrected chi connectivity index (χ1v) is 5.55. The van der Waals surface area contributed by atoms with E-state index in [-0.39, 0.29) is 5.69 Å². The molecule has 0 aliphatic rings. The van der Waals surface area contributed by atoms with Crippen molar-refractivity contribution in [2.75, 3.05) is 18.2 Å². The zero-order valence-electron chi connectivity index (χ0n) is 10.3. The summed E-state index contributed by atoms with van der Waals surface area (Å²) in [6.07, 6.45) is 0. The predicted octanol–water partition coefficient (Wildman–Crippen LogP) is 2.93. The number of anilines is 3. The van der Waals surface area contributed by atoms with Crippen LogP contribution in [-0.4, -0.2) is 12.0 Å². The molecule has 0 radical (unpaired) electrons. The lowest BCUT2D eigenvalue weighted by Crippen LogP contribution is -1.98. The molecule has 6 nitrogen and oxygen atoms in total. The van der Waals surface area contributed by atoms with E-state index in [2.05, 4.69) is 5.32 Å². The quantitative estimate of drug-likeness (QED) is 0.500. The molecule has 0 aliphatic heterocycles. The Bertz CT molecular complexity index is 614. The topological polar surface area (TPSA) is 90.4 Å². The number of nitrogens with one attached hydrogen (secondary N) is 1. The zero-order chi connectivity index (χ0) is 13.8. The van der Waals surface area contributed by atoms with Crippen molar-refractivity contribution in [1.82, 2.24) is 0 Å². The number of hydrogen-bond donors (Lipinski definition) is 2. The van der Waals surface area contributed by atoms with E-state index in [4.69, 9.17) is 10.5 Å². The Hall–Kier alpha value is -2.76. The number of methoxy groups -OCH3 is 1. The van der Waals surface area contributed by atoms with Gasteiger partial charge in [-0.2, -0.15) is 0 Å². The number of nitro groups is 1. The number of hydrogen-bond acceptors (Lipinski definition) is 5. The number of rotatable bonds is 4. The van der Waals surface area contributed by atoms with E-state index >= 15 is 0 Å². The molecule has 0 amide bonds. The van der Waals surface area contributed by atoms with Gasteiger partial charge in [-0.25, -0.2) is 0 Å². The molecule has 2 rings (SSSR count).